The topological polar surface area (TPSA) is 65.0 Å². The molecule has 0 amide bonds. The zero-order valence-electron chi connectivity index (χ0n) is 8.60. The maximum atomic E-state index is 11.3. The van der Waals surface area contributed by atoms with E-state index in [9.17, 15) is 9.90 Å². The lowest BCUT2D eigenvalue weighted by atomic mass is 10.3. The molecule has 0 saturated heterocycles. The molecule has 5 nitrogen and oxygen atoms in total. The third-order valence-electron chi connectivity index (χ3n) is 1.92. The number of rotatable bonds is 2. The average Bonchev–Trinajstić information content (AvgIpc) is 2.28. The van der Waals surface area contributed by atoms with Crippen molar-refractivity contribution in [1.29, 1.82) is 0 Å². The third kappa shape index (κ3) is 1.93. The summed E-state index contributed by atoms with van der Waals surface area (Å²) >= 11 is 0. The van der Waals surface area contributed by atoms with Crippen LogP contribution in [0.5, 0.6) is 17.2 Å². The number of esters is 1. The van der Waals surface area contributed by atoms with Gasteiger partial charge in [0.05, 0.1) is 6.61 Å². The van der Waals surface area contributed by atoms with Crippen LogP contribution in [0.2, 0.25) is 0 Å². The molecule has 0 bridgehead atoms. The molecule has 16 heavy (non-hydrogen) atoms. The van der Waals surface area contributed by atoms with Crippen molar-refractivity contribution < 1.29 is 24.1 Å². The van der Waals surface area contributed by atoms with Crippen LogP contribution >= 0.6 is 0 Å². The predicted octanol–water partition coefficient (Wildman–Crippen LogP) is 1.57. The summed E-state index contributed by atoms with van der Waals surface area (Å²) < 4.78 is 15.1. The molecule has 0 atom stereocenters. The minimum absolute atomic E-state index is 0.0139. The number of benzene rings is 1. The molecule has 0 radical (unpaired) electrons. The van der Waals surface area contributed by atoms with Gasteiger partial charge in [-0.1, -0.05) is 0 Å². The number of fused-ring (bicyclic) bond motifs is 1. The molecule has 5 heteroatoms. The fourth-order valence-corrected chi connectivity index (χ4v) is 1.22. The molecular weight excluding hydrogens is 212 g/mol. The lowest BCUT2D eigenvalue weighted by Gasteiger charge is -2.16. The van der Waals surface area contributed by atoms with Gasteiger partial charge < -0.3 is 19.3 Å². The van der Waals surface area contributed by atoms with Gasteiger partial charge in [-0.2, -0.15) is 0 Å². The second-order valence-corrected chi connectivity index (χ2v) is 3.05. The quantitative estimate of drug-likeness (QED) is 0.769. The van der Waals surface area contributed by atoms with Gasteiger partial charge in [0.15, 0.2) is 11.5 Å². The summed E-state index contributed by atoms with van der Waals surface area (Å²) in [6.45, 7) is 1.97. The van der Waals surface area contributed by atoms with Crippen LogP contribution in [0.3, 0.4) is 0 Å². The van der Waals surface area contributed by atoms with Gasteiger partial charge in [0.25, 0.3) is 0 Å². The highest BCUT2D eigenvalue weighted by Gasteiger charge is 2.21. The Morgan fingerprint density at radius 2 is 2.25 bits per heavy atom. The summed E-state index contributed by atoms with van der Waals surface area (Å²) in [5.41, 5.74) is 0. The summed E-state index contributed by atoms with van der Waals surface area (Å²) in [4.78, 5) is 11.3. The van der Waals surface area contributed by atoms with Crippen LogP contribution in [-0.4, -0.2) is 17.7 Å². The van der Waals surface area contributed by atoms with Crippen molar-refractivity contribution in [2.75, 3.05) is 6.61 Å². The van der Waals surface area contributed by atoms with E-state index in [1.807, 2.05) is 0 Å². The molecule has 84 valence electrons. The van der Waals surface area contributed by atoms with Crippen molar-refractivity contribution in [2.45, 2.75) is 6.92 Å². The second-order valence-electron chi connectivity index (χ2n) is 3.05. The van der Waals surface area contributed by atoms with E-state index in [0.29, 0.717) is 11.5 Å². The first-order valence-corrected chi connectivity index (χ1v) is 4.75. The molecule has 1 aliphatic heterocycles. The number of ether oxygens (including phenoxy) is 3. The molecule has 0 fully saturated rings. The molecule has 1 aromatic rings. The molecule has 0 saturated carbocycles. The highest BCUT2D eigenvalue weighted by Crippen LogP contribution is 2.35. The SMILES string of the molecule is CCOC(=O)C1=COc2cc(O)ccc2O1. The summed E-state index contributed by atoms with van der Waals surface area (Å²) in [7, 11) is 0. The van der Waals surface area contributed by atoms with Crippen molar-refractivity contribution in [3.05, 3.63) is 30.2 Å². The Hall–Kier alpha value is -2.17. The molecule has 1 aliphatic rings. The number of carbonyl (C=O) groups is 1. The standard InChI is InChI=1S/C11H10O5/c1-2-14-11(13)10-6-15-9-5-7(12)3-4-8(9)16-10/h3-6,12H,2H2,1H3. The highest BCUT2D eigenvalue weighted by molar-refractivity contribution is 5.87. The van der Waals surface area contributed by atoms with Crippen molar-refractivity contribution in [3.63, 3.8) is 0 Å². The normalized spacial score (nSPS) is 12.9. The van der Waals surface area contributed by atoms with Crippen molar-refractivity contribution in [1.82, 2.24) is 0 Å². The molecule has 0 spiro atoms. The van der Waals surface area contributed by atoms with E-state index in [1.165, 1.54) is 18.2 Å². The first-order chi connectivity index (χ1) is 7.70. The fraction of sp³-hybridized carbons (Fsp3) is 0.182. The van der Waals surface area contributed by atoms with Gasteiger partial charge in [-0.05, 0) is 19.1 Å². The van der Waals surface area contributed by atoms with Crippen LogP contribution < -0.4 is 9.47 Å². The Morgan fingerprint density at radius 3 is 3.00 bits per heavy atom. The van der Waals surface area contributed by atoms with E-state index in [4.69, 9.17) is 14.2 Å². The summed E-state index contributed by atoms with van der Waals surface area (Å²) in [6, 6.07) is 4.35. The lowest BCUT2D eigenvalue weighted by molar-refractivity contribution is -0.141. The highest BCUT2D eigenvalue weighted by atomic mass is 16.6. The summed E-state index contributed by atoms with van der Waals surface area (Å²) in [5.74, 6) is 0.188. The fourth-order valence-electron chi connectivity index (χ4n) is 1.22. The van der Waals surface area contributed by atoms with Gasteiger partial charge in [-0.25, -0.2) is 4.79 Å². The Labute approximate surface area is 91.9 Å². The minimum Gasteiger partial charge on any atom is -0.508 e. The summed E-state index contributed by atoms with van der Waals surface area (Å²) in [5, 5.41) is 9.20. The maximum absolute atomic E-state index is 11.3. The van der Waals surface area contributed by atoms with Crippen LogP contribution in [-0.2, 0) is 9.53 Å². The smallest absolute Gasteiger partial charge is 0.377 e. The first-order valence-electron chi connectivity index (χ1n) is 4.75. The van der Waals surface area contributed by atoms with Gasteiger partial charge in [-0.3, -0.25) is 0 Å². The molecule has 0 aromatic heterocycles. The Morgan fingerprint density at radius 1 is 1.44 bits per heavy atom. The largest absolute Gasteiger partial charge is 0.508 e. The van der Waals surface area contributed by atoms with Crippen LogP contribution in [0.25, 0.3) is 0 Å². The van der Waals surface area contributed by atoms with Gasteiger partial charge in [0, 0.05) is 6.07 Å². The number of phenols is 1. The monoisotopic (exact) mass is 222 g/mol. The third-order valence-corrected chi connectivity index (χ3v) is 1.92. The molecule has 1 heterocycles. The molecule has 0 unspecified atom stereocenters. The zero-order chi connectivity index (χ0) is 11.5. The summed E-state index contributed by atoms with van der Waals surface area (Å²) in [6.07, 6.45) is 1.15. The van der Waals surface area contributed by atoms with Crippen molar-refractivity contribution in [2.24, 2.45) is 0 Å². The van der Waals surface area contributed by atoms with Crippen molar-refractivity contribution >= 4 is 5.97 Å². The molecule has 1 aromatic carbocycles. The van der Waals surface area contributed by atoms with E-state index in [-0.39, 0.29) is 18.1 Å². The van der Waals surface area contributed by atoms with E-state index >= 15 is 0 Å². The minimum atomic E-state index is -0.582. The van der Waals surface area contributed by atoms with Crippen LogP contribution in [0.4, 0.5) is 0 Å². The molecule has 1 N–H and O–H groups in total. The zero-order valence-corrected chi connectivity index (χ0v) is 8.60. The average molecular weight is 222 g/mol. The van der Waals surface area contributed by atoms with Crippen LogP contribution in [0.1, 0.15) is 6.92 Å². The molecule has 2 rings (SSSR count). The van der Waals surface area contributed by atoms with Gasteiger partial charge in [-0.15, -0.1) is 0 Å². The number of phenolic OH excluding ortho intramolecular Hbond substituents is 1. The first kappa shape index (κ1) is 10.4. The molecule has 0 aliphatic carbocycles. The predicted molar refractivity (Wildman–Crippen MR) is 54.1 cm³/mol. The Balaban J connectivity index is 2.18. The maximum Gasteiger partial charge on any atom is 0.377 e. The Kier molecular flexibility index (Phi) is 2.68. The van der Waals surface area contributed by atoms with Crippen LogP contribution in [0, 0.1) is 0 Å². The van der Waals surface area contributed by atoms with E-state index in [1.54, 1.807) is 6.92 Å². The van der Waals surface area contributed by atoms with E-state index in [2.05, 4.69) is 0 Å². The van der Waals surface area contributed by atoms with Crippen molar-refractivity contribution in [3.8, 4) is 17.2 Å². The number of aromatic hydroxyl groups is 1. The number of hydrogen-bond donors (Lipinski definition) is 1. The van der Waals surface area contributed by atoms with Gasteiger partial charge >= 0.3 is 5.97 Å². The van der Waals surface area contributed by atoms with Crippen LogP contribution in [0.15, 0.2) is 30.2 Å². The van der Waals surface area contributed by atoms with Gasteiger partial charge in [0.1, 0.15) is 12.0 Å². The number of carbonyl (C=O) groups excluding carboxylic acids is 1. The second kappa shape index (κ2) is 4.14. The van der Waals surface area contributed by atoms with E-state index < -0.39 is 5.97 Å². The lowest BCUT2D eigenvalue weighted by Crippen LogP contribution is -2.16. The molecular formula is C11H10O5. The Bertz CT molecular complexity index is 450. The van der Waals surface area contributed by atoms with E-state index in [0.717, 1.165) is 6.26 Å². The number of hydrogen-bond acceptors (Lipinski definition) is 5. The van der Waals surface area contributed by atoms with Gasteiger partial charge in [0.2, 0.25) is 5.76 Å².